The summed E-state index contributed by atoms with van der Waals surface area (Å²) in [5.74, 6) is 0. The molecule has 15 heavy (non-hydrogen) atoms. The molecule has 0 aliphatic carbocycles. The third-order valence-corrected chi connectivity index (χ3v) is 3.12. The molecule has 0 spiro atoms. The summed E-state index contributed by atoms with van der Waals surface area (Å²) in [5.41, 5.74) is 2.63. The van der Waals surface area contributed by atoms with Crippen LogP contribution in [0.4, 0.5) is 0 Å². The molecule has 80 valence electrons. The maximum Gasteiger partial charge on any atom is 0.0808 e. The monoisotopic (exact) mass is 267 g/mol. The van der Waals surface area contributed by atoms with Crippen molar-refractivity contribution >= 4 is 26.8 Å². The average molecular weight is 268 g/mol. The second kappa shape index (κ2) is 4.37. The minimum atomic E-state index is 1.12. The Morgan fingerprint density at radius 1 is 1.33 bits per heavy atom. The van der Waals surface area contributed by atoms with Crippen LogP contribution in [0.5, 0.6) is 0 Å². The van der Waals surface area contributed by atoms with Crippen molar-refractivity contribution in [1.29, 1.82) is 0 Å². The van der Waals surface area contributed by atoms with Gasteiger partial charge in [0, 0.05) is 28.0 Å². The van der Waals surface area contributed by atoms with E-state index in [1.54, 1.807) is 0 Å². The summed E-state index contributed by atoms with van der Waals surface area (Å²) in [6, 6.07) is 6.37. The fraction of sp³-hybridized carbons (Fsp3) is 0.333. The normalized spacial score (nSPS) is 11.5. The number of aromatic amines is 1. The van der Waals surface area contributed by atoms with Crippen LogP contribution in [0.2, 0.25) is 0 Å². The van der Waals surface area contributed by atoms with E-state index in [4.69, 9.17) is 0 Å². The number of likely N-dealkylation sites (N-methyl/N-ethyl adjacent to an activating group) is 1. The van der Waals surface area contributed by atoms with Crippen LogP contribution in [0.15, 0.2) is 28.9 Å². The number of H-pyrrole nitrogens is 1. The lowest BCUT2D eigenvalue weighted by molar-refractivity contribution is -0.858. The highest BCUT2D eigenvalue weighted by Crippen LogP contribution is 2.22. The van der Waals surface area contributed by atoms with Crippen LogP contribution >= 0.6 is 15.9 Å². The zero-order chi connectivity index (χ0) is 10.8. The molecular formula is C12H16BrN2+. The Hall–Kier alpha value is -0.800. The van der Waals surface area contributed by atoms with Gasteiger partial charge in [0.1, 0.15) is 0 Å². The summed E-state index contributed by atoms with van der Waals surface area (Å²) in [5, 5.41) is 1.34. The maximum atomic E-state index is 3.51. The van der Waals surface area contributed by atoms with Gasteiger partial charge in [-0.1, -0.05) is 15.9 Å². The first-order valence-electron chi connectivity index (χ1n) is 5.21. The summed E-state index contributed by atoms with van der Waals surface area (Å²) in [6.07, 6.45) is 3.25. The molecule has 0 saturated carbocycles. The molecule has 0 aliphatic rings. The average Bonchev–Trinajstić information content (AvgIpc) is 2.57. The summed E-state index contributed by atoms with van der Waals surface area (Å²) in [7, 11) is 4.37. The number of nitrogens with one attached hydrogen (secondary N) is 2. The van der Waals surface area contributed by atoms with Gasteiger partial charge >= 0.3 is 0 Å². The minimum absolute atomic E-state index is 1.12. The Morgan fingerprint density at radius 2 is 2.13 bits per heavy atom. The number of hydrogen-bond donors (Lipinski definition) is 2. The molecule has 1 heterocycles. The summed E-state index contributed by atoms with van der Waals surface area (Å²) < 4.78 is 1.15. The van der Waals surface area contributed by atoms with E-state index in [-0.39, 0.29) is 0 Å². The molecule has 0 bridgehead atoms. The van der Waals surface area contributed by atoms with Crippen LogP contribution in [-0.2, 0) is 6.42 Å². The minimum Gasteiger partial charge on any atom is -0.361 e. The van der Waals surface area contributed by atoms with E-state index in [9.17, 15) is 0 Å². The van der Waals surface area contributed by atoms with Gasteiger partial charge in [0.25, 0.3) is 0 Å². The molecule has 1 aromatic carbocycles. The van der Waals surface area contributed by atoms with Crippen molar-refractivity contribution in [3.8, 4) is 0 Å². The topological polar surface area (TPSA) is 20.2 Å². The van der Waals surface area contributed by atoms with Crippen LogP contribution in [0, 0.1) is 0 Å². The molecule has 0 radical (unpaired) electrons. The lowest BCUT2D eigenvalue weighted by atomic mass is 10.1. The number of benzene rings is 1. The van der Waals surface area contributed by atoms with E-state index >= 15 is 0 Å². The molecule has 0 aliphatic heterocycles. The molecule has 3 heteroatoms. The van der Waals surface area contributed by atoms with E-state index in [1.807, 2.05) is 0 Å². The number of quaternary nitrogens is 1. The smallest absolute Gasteiger partial charge is 0.0808 e. The first-order chi connectivity index (χ1) is 7.16. The van der Waals surface area contributed by atoms with Crippen molar-refractivity contribution in [1.82, 2.24) is 4.98 Å². The Labute approximate surface area is 98.4 Å². The van der Waals surface area contributed by atoms with Gasteiger partial charge in [-0.3, -0.25) is 0 Å². The number of rotatable bonds is 3. The highest BCUT2D eigenvalue weighted by molar-refractivity contribution is 9.10. The van der Waals surface area contributed by atoms with Gasteiger partial charge in [-0.15, -0.1) is 0 Å². The predicted octanol–water partition coefficient (Wildman–Crippen LogP) is 1.62. The molecule has 0 saturated heterocycles. The number of fused-ring (bicyclic) bond motifs is 1. The molecule has 2 N–H and O–H groups in total. The Balaban J connectivity index is 2.31. The molecular weight excluding hydrogens is 252 g/mol. The number of aromatic nitrogens is 1. The first kappa shape index (κ1) is 10.7. The van der Waals surface area contributed by atoms with Gasteiger partial charge in [-0.2, -0.15) is 0 Å². The van der Waals surface area contributed by atoms with Gasteiger partial charge in [-0.05, 0) is 23.8 Å². The quantitative estimate of drug-likeness (QED) is 0.843. The molecule has 2 rings (SSSR count). The van der Waals surface area contributed by atoms with Crippen molar-refractivity contribution in [3.05, 3.63) is 34.4 Å². The van der Waals surface area contributed by atoms with Crippen molar-refractivity contribution < 1.29 is 4.90 Å². The fourth-order valence-electron chi connectivity index (χ4n) is 1.74. The van der Waals surface area contributed by atoms with Crippen molar-refractivity contribution in [3.63, 3.8) is 0 Å². The van der Waals surface area contributed by atoms with Crippen LogP contribution in [0.1, 0.15) is 5.56 Å². The van der Waals surface area contributed by atoms with E-state index in [0.29, 0.717) is 0 Å². The van der Waals surface area contributed by atoms with Crippen LogP contribution < -0.4 is 4.90 Å². The maximum absolute atomic E-state index is 3.51. The van der Waals surface area contributed by atoms with Crippen LogP contribution in [-0.4, -0.2) is 25.6 Å². The van der Waals surface area contributed by atoms with Crippen LogP contribution in [0.3, 0.4) is 0 Å². The fourth-order valence-corrected chi connectivity index (χ4v) is 2.10. The molecule has 0 unspecified atom stereocenters. The highest BCUT2D eigenvalue weighted by Gasteiger charge is 2.05. The number of halogens is 1. The summed E-state index contributed by atoms with van der Waals surface area (Å²) in [4.78, 5) is 4.79. The Morgan fingerprint density at radius 3 is 2.87 bits per heavy atom. The third-order valence-electron chi connectivity index (χ3n) is 2.62. The number of hydrogen-bond acceptors (Lipinski definition) is 0. The Kier molecular flexibility index (Phi) is 3.12. The van der Waals surface area contributed by atoms with E-state index in [2.05, 4.69) is 59.4 Å². The largest absolute Gasteiger partial charge is 0.361 e. The van der Waals surface area contributed by atoms with Gasteiger partial charge in [0.05, 0.1) is 20.6 Å². The lowest BCUT2D eigenvalue weighted by Crippen LogP contribution is -3.05. The van der Waals surface area contributed by atoms with Gasteiger partial charge in [0.2, 0.25) is 0 Å². The lowest BCUT2D eigenvalue weighted by Gasteiger charge is -2.05. The molecule has 2 aromatic rings. The standard InChI is InChI=1S/C12H15BrN2/c1-15(2)6-5-9-8-14-12-4-3-10(13)7-11(9)12/h3-4,7-8,14H,5-6H2,1-2H3/p+1. The summed E-state index contributed by atoms with van der Waals surface area (Å²) >= 11 is 3.51. The highest BCUT2D eigenvalue weighted by atomic mass is 79.9. The van der Waals surface area contributed by atoms with Gasteiger partial charge in [-0.25, -0.2) is 0 Å². The van der Waals surface area contributed by atoms with Crippen molar-refractivity contribution in [2.24, 2.45) is 0 Å². The summed E-state index contributed by atoms with van der Waals surface area (Å²) in [6.45, 7) is 1.17. The third kappa shape index (κ3) is 2.41. The molecule has 2 nitrogen and oxygen atoms in total. The zero-order valence-corrected chi connectivity index (χ0v) is 10.7. The van der Waals surface area contributed by atoms with Crippen molar-refractivity contribution in [2.75, 3.05) is 20.6 Å². The van der Waals surface area contributed by atoms with E-state index in [1.165, 1.54) is 27.9 Å². The van der Waals surface area contributed by atoms with Gasteiger partial charge in [0.15, 0.2) is 0 Å². The SMILES string of the molecule is C[NH+](C)CCc1c[nH]c2ccc(Br)cc12. The second-order valence-electron chi connectivity index (χ2n) is 4.21. The Bertz CT molecular complexity index is 460. The van der Waals surface area contributed by atoms with Crippen molar-refractivity contribution in [2.45, 2.75) is 6.42 Å². The molecule has 0 amide bonds. The zero-order valence-electron chi connectivity index (χ0n) is 9.10. The van der Waals surface area contributed by atoms with E-state index in [0.717, 1.165) is 10.9 Å². The van der Waals surface area contributed by atoms with Gasteiger partial charge < -0.3 is 9.88 Å². The molecule has 0 fully saturated rings. The second-order valence-corrected chi connectivity index (χ2v) is 5.13. The predicted molar refractivity (Wildman–Crippen MR) is 67.4 cm³/mol. The first-order valence-corrected chi connectivity index (χ1v) is 6.00. The molecule has 1 aromatic heterocycles. The molecule has 0 atom stereocenters. The van der Waals surface area contributed by atoms with E-state index < -0.39 is 0 Å². The van der Waals surface area contributed by atoms with Crippen LogP contribution in [0.25, 0.3) is 10.9 Å².